The molecule has 0 radical (unpaired) electrons. The minimum Gasteiger partial charge on any atom is -0.508 e. The molecule has 0 fully saturated rings. The number of phenols is 3. The second kappa shape index (κ2) is 5.86. The summed E-state index contributed by atoms with van der Waals surface area (Å²) in [5, 5.41) is 39.9. The zero-order valence-electron chi connectivity index (χ0n) is 13.1. The fourth-order valence-corrected chi connectivity index (χ4v) is 2.86. The van der Waals surface area contributed by atoms with Gasteiger partial charge in [-0.1, -0.05) is 0 Å². The van der Waals surface area contributed by atoms with E-state index in [9.17, 15) is 30.0 Å². The number of Topliss-reactive ketones (excluding diaryl/α,β-unsaturated/α-hetero) is 1. The average Bonchev–Trinajstić information content (AvgIpc) is 2.44. The van der Waals surface area contributed by atoms with Crippen molar-refractivity contribution in [3.05, 3.63) is 57.6 Å². The lowest BCUT2D eigenvalue weighted by atomic mass is 9.94. The molecule has 2 aromatic carbocycles. The third-order valence-electron chi connectivity index (χ3n) is 3.78. The van der Waals surface area contributed by atoms with Gasteiger partial charge < -0.3 is 24.8 Å². The highest BCUT2D eigenvalue weighted by molar-refractivity contribution is 6.07. The third kappa shape index (κ3) is 2.99. The Morgan fingerprint density at radius 1 is 1.00 bits per heavy atom. The monoisotopic (exact) mass is 342 g/mol. The van der Waals surface area contributed by atoms with Crippen LogP contribution in [-0.2, 0) is 6.42 Å². The van der Waals surface area contributed by atoms with E-state index in [1.807, 2.05) is 0 Å². The van der Waals surface area contributed by atoms with Crippen molar-refractivity contribution >= 4 is 16.6 Å². The van der Waals surface area contributed by atoms with Crippen LogP contribution in [0.15, 0.2) is 39.5 Å². The van der Waals surface area contributed by atoms with Gasteiger partial charge in [-0.3, -0.25) is 4.79 Å². The van der Waals surface area contributed by atoms with Gasteiger partial charge in [0.05, 0.1) is 17.0 Å². The van der Waals surface area contributed by atoms with Crippen LogP contribution in [0.3, 0.4) is 0 Å². The van der Waals surface area contributed by atoms with Crippen LogP contribution in [0.5, 0.6) is 23.0 Å². The Morgan fingerprint density at radius 3 is 2.32 bits per heavy atom. The highest BCUT2D eigenvalue weighted by Crippen LogP contribution is 2.40. The minimum atomic E-state index is -0.750. The van der Waals surface area contributed by atoms with E-state index in [-0.39, 0.29) is 40.4 Å². The molecule has 25 heavy (non-hydrogen) atoms. The van der Waals surface area contributed by atoms with Crippen LogP contribution in [-0.4, -0.2) is 26.2 Å². The van der Waals surface area contributed by atoms with E-state index in [1.54, 1.807) is 0 Å². The number of rotatable bonds is 3. The van der Waals surface area contributed by atoms with Gasteiger partial charge in [-0.25, -0.2) is 4.79 Å². The molecule has 0 unspecified atom stereocenters. The molecular formula is C18H14O7. The molecule has 0 atom stereocenters. The van der Waals surface area contributed by atoms with E-state index in [1.165, 1.54) is 25.1 Å². The highest BCUT2D eigenvalue weighted by atomic mass is 16.4. The number of carbonyl (C=O) groups is 1. The molecule has 3 rings (SSSR count). The Kier molecular flexibility index (Phi) is 3.84. The second-order valence-electron chi connectivity index (χ2n) is 5.66. The summed E-state index contributed by atoms with van der Waals surface area (Å²) in [5.74, 6) is -1.66. The predicted octanol–water partition coefficient (Wildman–Crippen LogP) is 2.41. The summed E-state index contributed by atoms with van der Waals surface area (Å²) < 4.78 is 4.99. The maximum Gasteiger partial charge on any atom is 0.339 e. The Bertz CT molecular complexity index is 1060. The first-order valence-corrected chi connectivity index (χ1v) is 7.30. The summed E-state index contributed by atoms with van der Waals surface area (Å²) in [6.07, 6.45) is -0.0571. The number of ketones is 1. The lowest BCUT2D eigenvalue weighted by Gasteiger charge is -2.13. The van der Waals surface area contributed by atoms with E-state index in [0.29, 0.717) is 10.9 Å². The molecule has 128 valence electrons. The van der Waals surface area contributed by atoms with Crippen molar-refractivity contribution in [3.8, 4) is 23.0 Å². The Hall–Kier alpha value is -3.48. The van der Waals surface area contributed by atoms with Crippen molar-refractivity contribution < 1.29 is 29.6 Å². The zero-order chi connectivity index (χ0) is 18.3. The van der Waals surface area contributed by atoms with Gasteiger partial charge in [0.25, 0.3) is 0 Å². The van der Waals surface area contributed by atoms with Crippen molar-refractivity contribution in [1.82, 2.24) is 0 Å². The summed E-state index contributed by atoms with van der Waals surface area (Å²) in [6, 6.07) is 6.01. The first-order valence-electron chi connectivity index (χ1n) is 7.30. The van der Waals surface area contributed by atoms with Crippen molar-refractivity contribution in [2.75, 3.05) is 0 Å². The van der Waals surface area contributed by atoms with E-state index in [2.05, 4.69) is 0 Å². The smallest absolute Gasteiger partial charge is 0.339 e. The van der Waals surface area contributed by atoms with Crippen LogP contribution in [0, 0.1) is 0 Å². The molecule has 0 aliphatic rings. The third-order valence-corrected chi connectivity index (χ3v) is 3.78. The Labute approximate surface area is 141 Å². The summed E-state index contributed by atoms with van der Waals surface area (Å²) in [7, 11) is 0. The van der Waals surface area contributed by atoms with Crippen molar-refractivity contribution in [1.29, 1.82) is 0 Å². The molecule has 3 aromatic rings. The molecule has 0 aliphatic heterocycles. The van der Waals surface area contributed by atoms with Gasteiger partial charge in [0.1, 0.15) is 28.8 Å². The number of hydrogen-bond donors (Lipinski definition) is 4. The van der Waals surface area contributed by atoms with E-state index in [0.717, 1.165) is 12.1 Å². The standard InChI is InChI=1S/C18H14O7/c1-8(19)16-10(4-13-5-12(21)7-15(23)25-13)2-9-3-11(20)6-14(22)17(9)18(16)24/h2-3,5-7,20-22,24H,4H2,1H3. The van der Waals surface area contributed by atoms with Crippen molar-refractivity contribution in [2.24, 2.45) is 0 Å². The lowest BCUT2D eigenvalue weighted by molar-refractivity contribution is 0.101. The molecule has 0 amide bonds. The SMILES string of the molecule is CC(=O)c1c(Cc2cc(O)cc(=O)o2)cc2cc(O)cc(O)c2c1O. The second-order valence-corrected chi connectivity index (χ2v) is 5.66. The first kappa shape index (κ1) is 16.4. The number of aromatic hydroxyl groups is 4. The summed E-state index contributed by atoms with van der Waals surface area (Å²) in [6.45, 7) is 1.25. The molecule has 0 spiro atoms. The molecule has 1 heterocycles. The number of phenolic OH excluding ortho intramolecular Hbond substituents is 3. The normalized spacial score (nSPS) is 10.9. The van der Waals surface area contributed by atoms with E-state index in [4.69, 9.17) is 4.42 Å². The minimum absolute atomic E-state index is 0.0316. The van der Waals surface area contributed by atoms with E-state index >= 15 is 0 Å². The van der Waals surface area contributed by atoms with Crippen molar-refractivity contribution in [2.45, 2.75) is 13.3 Å². The Morgan fingerprint density at radius 2 is 1.68 bits per heavy atom. The number of hydrogen-bond acceptors (Lipinski definition) is 7. The molecular weight excluding hydrogens is 328 g/mol. The van der Waals surface area contributed by atoms with E-state index < -0.39 is 17.2 Å². The maximum atomic E-state index is 12.0. The molecule has 0 saturated carbocycles. The fourth-order valence-electron chi connectivity index (χ4n) is 2.86. The lowest BCUT2D eigenvalue weighted by Crippen LogP contribution is -2.04. The average molecular weight is 342 g/mol. The van der Waals surface area contributed by atoms with Gasteiger partial charge >= 0.3 is 5.63 Å². The van der Waals surface area contributed by atoms with Gasteiger partial charge in [0, 0.05) is 18.6 Å². The number of fused-ring (bicyclic) bond motifs is 1. The fraction of sp³-hybridized carbons (Fsp3) is 0.111. The summed E-state index contributed by atoms with van der Waals surface area (Å²) >= 11 is 0. The molecule has 7 heteroatoms. The summed E-state index contributed by atoms with van der Waals surface area (Å²) in [4.78, 5) is 23.4. The molecule has 7 nitrogen and oxygen atoms in total. The molecule has 0 aliphatic carbocycles. The largest absolute Gasteiger partial charge is 0.508 e. The van der Waals surface area contributed by atoms with Gasteiger partial charge in [-0.15, -0.1) is 0 Å². The van der Waals surface area contributed by atoms with Crippen LogP contribution in [0.4, 0.5) is 0 Å². The van der Waals surface area contributed by atoms with Gasteiger partial charge in [0.2, 0.25) is 0 Å². The van der Waals surface area contributed by atoms with Gasteiger partial charge in [-0.05, 0) is 30.0 Å². The number of carbonyl (C=O) groups excluding carboxylic acids is 1. The predicted molar refractivity (Wildman–Crippen MR) is 88.4 cm³/mol. The molecule has 4 N–H and O–H groups in total. The van der Waals surface area contributed by atoms with Crippen LogP contribution in [0.1, 0.15) is 28.6 Å². The quantitative estimate of drug-likeness (QED) is 0.538. The first-order chi connectivity index (χ1) is 11.8. The number of benzene rings is 2. The van der Waals surface area contributed by atoms with Crippen LogP contribution >= 0.6 is 0 Å². The summed E-state index contributed by atoms with van der Waals surface area (Å²) in [5.41, 5.74) is -0.476. The molecule has 0 saturated heterocycles. The van der Waals surface area contributed by atoms with Gasteiger partial charge in [0.15, 0.2) is 5.78 Å². The zero-order valence-corrected chi connectivity index (χ0v) is 13.1. The van der Waals surface area contributed by atoms with Crippen molar-refractivity contribution in [3.63, 3.8) is 0 Å². The Balaban J connectivity index is 2.27. The highest BCUT2D eigenvalue weighted by Gasteiger charge is 2.20. The molecule has 0 bridgehead atoms. The van der Waals surface area contributed by atoms with Crippen LogP contribution < -0.4 is 5.63 Å². The molecule has 1 aromatic heterocycles. The van der Waals surface area contributed by atoms with Crippen LogP contribution in [0.2, 0.25) is 0 Å². The van der Waals surface area contributed by atoms with Gasteiger partial charge in [-0.2, -0.15) is 0 Å². The van der Waals surface area contributed by atoms with Crippen LogP contribution in [0.25, 0.3) is 10.8 Å². The topological polar surface area (TPSA) is 128 Å². The maximum absolute atomic E-state index is 12.0.